The molecule has 4 nitrogen and oxygen atoms in total. The van der Waals surface area contributed by atoms with Crippen LogP contribution in [0.4, 0.5) is 4.79 Å². The Balaban J connectivity index is 2.00. The number of nitrogens with two attached hydrogens (primary N) is 1. The molecule has 0 spiro atoms. The molecule has 1 unspecified atom stereocenters. The summed E-state index contributed by atoms with van der Waals surface area (Å²) >= 11 is 0. The lowest BCUT2D eigenvalue weighted by Crippen LogP contribution is -2.33. The van der Waals surface area contributed by atoms with Crippen molar-refractivity contribution in [3.63, 3.8) is 0 Å². The van der Waals surface area contributed by atoms with Crippen molar-refractivity contribution in [2.45, 2.75) is 32.4 Å². The zero-order valence-electron chi connectivity index (χ0n) is 10.8. The van der Waals surface area contributed by atoms with E-state index in [1.165, 1.54) is 5.56 Å². The van der Waals surface area contributed by atoms with Gasteiger partial charge in [0.1, 0.15) is 6.61 Å². The molecule has 2 N–H and O–H groups in total. The first kappa shape index (κ1) is 12.9. The predicted molar refractivity (Wildman–Crippen MR) is 70.1 cm³/mol. The summed E-state index contributed by atoms with van der Waals surface area (Å²) in [5, 5.41) is 0. The Morgan fingerprint density at radius 3 is 2.78 bits per heavy atom. The minimum atomic E-state index is -0.211. The van der Waals surface area contributed by atoms with Crippen LogP contribution in [0, 0.1) is 6.92 Å². The molecule has 1 fully saturated rings. The molecule has 1 amide bonds. The van der Waals surface area contributed by atoms with E-state index < -0.39 is 0 Å². The van der Waals surface area contributed by atoms with E-state index >= 15 is 0 Å². The van der Waals surface area contributed by atoms with Gasteiger partial charge in [-0.2, -0.15) is 0 Å². The van der Waals surface area contributed by atoms with Gasteiger partial charge in [-0.15, -0.1) is 0 Å². The highest BCUT2D eigenvalue weighted by Crippen LogP contribution is 2.20. The lowest BCUT2D eigenvalue weighted by molar-refractivity contribution is 0.156. The second-order valence-corrected chi connectivity index (χ2v) is 4.78. The maximum absolute atomic E-state index is 11.7. The van der Waals surface area contributed by atoms with Gasteiger partial charge in [0.2, 0.25) is 0 Å². The van der Waals surface area contributed by atoms with Gasteiger partial charge < -0.3 is 10.5 Å². The smallest absolute Gasteiger partial charge is 0.410 e. The number of ether oxygens (including phenoxy) is 1. The Kier molecular flexibility index (Phi) is 4.20. The van der Waals surface area contributed by atoms with Crippen molar-refractivity contribution in [1.29, 1.82) is 0 Å². The fourth-order valence-corrected chi connectivity index (χ4v) is 2.17. The van der Waals surface area contributed by atoms with Crippen molar-refractivity contribution in [2.24, 2.45) is 5.73 Å². The van der Waals surface area contributed by atoms with Gasteiger partial charge in [-0.3, -0.25) is 4.90 Å². The summed E-state index contributed by atoms with van der Waals surface area (Å²) < 4.78 is 5.12. The number of rotatable bonds is 5. The molecular formula is C14H20N2O2. The van der Waals surface area contributed by atoms with Crippen LogP contribution in [0.2, 0.25) is 0 Å². The topological polar surface area (TPSA) is 55.6 Å². The fraction of sp³-hybridized carbons (Fsp3) is 0.500. The maximum atomic E-state index is 11.7. The molecule has 18 heavy (non-hydrogen) atoms. The monoisotopic (exact) mass is 248 g/mol. The first-order valence-corrected chi connectivity index (χ1v) is 6.39. The number of carbonyl (C=O) groups excluding carboxylic acids is 1. The lowest BCUT2D eigenvalue weighted by atomic mass is 10.1. The quantitative estimate of drug-likeness (QED) is 0.867. The van der Waals surface area contributed by atoms with Crippen LogP contribution < -0.4 is 5.73 Å². The number of hydrogen-bond acceptors (Lipinski definition) is 3. The Hall–Kier alpha value is -1.55. The Bertz CT molecular complexity index is 403. The Labute approximate surface area is 108 Å². The van der Waals surface area contributed by atoms with Crippen molar-refractivity contribution in [1.82, 2.24) is 4.90 Å². The zero-order chi connectivity index (χ0) is 13.0. The molecule has 0 aromatic heterocycles. The third-order valence-corrected chi connectivity index (χ3v) is 3.29. The molecule has 1 aliphatic rings. The molecule has 1 aliphatic heterocycles. The van der Waals surface area contributed by atoms with Crippen molar-refractivity contribution in [3.05, 3.63) is 35.4 Å². The number of benzene rings is 1. The Morgan fingerprint density at radius 1 is 1.39 bits per heavy atom. The van der Waals surface area contributed by atoms with E-state index in [-0.39, 0.29) is 12.1 Å². The molecule has 0 saturated carbocycles. The summed E-state index contributed by atoms with van der Waals surface area (Å²) in [4.78, 5) is 13.5. The van der Waals surface area contributed by atoms with Crippen molar-refractivity contribution >= 4 is 6.09 Å². The summed E-state index contributed by atoms with van der Waals surface area (Å²) in [5.74, 6) is 0. The van der Waals surface area contributed by atoms with Crippen molar-refractivity contribution < 1.29 is 9.53 Å². The fourth-order valence-electron chi connectivity index (χ4n) is 2.17. The van der Waals surface area contributed by atoms with Gasteiger partial charge in [0.15, 0.2) is 0 Å². The summed E-state index contributed by atoms with van der Waals surface area (Å²) in [6, 6.07) is 8.40. The SMILES string of the molecule is Cc1ccc(CN2C(=O)OCC2CCCN)cc1. The van der Waals surface area contributed by atoms with E-state index in [0.717, 1.165) is 18.4 Å². The van der Waals surface area contributed by atoms with Crippen molar-refractivity contribution in [3.8, 4) is 0 Å². The number of cyclic esters (lactones) is 1. The molecule has 4 heteroatoms. The van der Waals surface area contributed by atoms with Crippen molar-refractivity contribution in [2.75, 3.05) is 13.2 Å². The summed E-state index contributed by atoms with van der Waals surface area (Å²) in [6.07, 6.45) is 1.62. The molecule has 98 valence electrons. The van der Waals surface area contributed by atoms with Crippen LogP contribution in [0.3, 0.4) is 0 Å². The maximum Gasteiger partial charge on any atom is 0.410 e. The second kappa shape index (κ2) is 5.87. The largest absolute Gasteiger partial charge is 0.447 e. The van der Waals surface area contributed by atoms with Crippen LogP contribution in [-0.2, 0) is 11.3 Å². The molecule has 1 saturated heterocycles. The minimum Gasteiger partial charge on any atom is -0.447 e. The number of amides is 1. The third kappa shape index (κ3) is 3.01. The van der Waals surface area contributed by atoms with Crippen LogP contribution in [0.15, 0.2) is 24.3 Å². The summed E-state index contributed by atoms with van der Waals surface area (Å²) in [6.45, 7) is 3.82. The molecule has 1 aromatic rings. The van der Waals surface area contributed by atoms with Gasteiger partial charge >= 0.3 is 6.09 Å². The van der Waals surface area contributed by atoms with E-state index in [0.29, 0.717) is 19.7 Å². The van der Waals surface area contributed by atoms with Crippen LogP contribution in [-0.4, -0.2) is 30.2 Å². The van der Waals surface area contributed by atoms with E-state index in [1.54, 1.807) is 4.90 Å². The number of carbonyl (C=O) groups is 1. The number of hydrogen-bond donors (Lipinski definition) is 1. The van der Waals surface area contributed by atoms with E-state index in [2.05, 4.69) is 31.2 Å². The second-order valence-electron chi connectivity index (χ2n) is 4.78. The molecule has 2 rings (SSSR count). The first-order chi connectivity index (χ1) is 8.70. The standard InChI is InChI=1S/C14H20N2O2/c1-11-4-6-12(7-5-11)9-16-13(3-2-8-15)10-18-14(16)17/h4-7,13H,2-3,8-10,15H2,1H3. The molecule has 1 heterocycles. The molecule has 0 aliphatic carbocycles. The molecule has 0 bridgehead atoms. The molecule has 1 aromatic carbocycles. The summed E-state index contributed by atoms with van der Waals surface area (Å²) in [5.41, 5.74) is 7.87. The number of aryl methyl sites for hydroxylation is 1. The van der Waals surface area contributed by atoms with E-state index in [4.69, 9.17) is 10.5 Å². The normalized spacial score (nSPS) is 19.1. The van der Waals surface area contributed by atoms with Gasteiger partial charge in [0, 0.05) is 6.54 Å². The van der Waals surface area contributed by atoms with Gasteiger partial charge in [-0.1, -0.05) is 29.8 Å². The van der Waals surface area contributed by atoms with Gasteiger partial charge in [-0.25, -0.2) is 4.79 Å². The lowest BCUT2D eigenvalue weighted by Gasteiger charge is -2.21. The summed E-state index contributed by atoms with van der Waals surface area (Å²) in [7, 11) is 0. The highest BCUT2D eigenvalue weighted by Gasteiger charge is 2.32. The predicted octanol–water partition coefficient (Wildman–Crippen LogP) is 2.05. The van der Waals surface area contributed by atoms with Crippen LogP contribution in [0.25, 0.3) is 0 Å². The number of nitrogens with zero attached hydrogens (tertiary/aromatic N) is 1. The first-order valence-electron chi connectivity index (χ1n) is 6.39. The zero-order valence-corrected chi connectivity index (χ0v) is 10.8. The van der Waals surface area contributed by atoms with Crippen LogP contribution in [0.1, 0.15) is 24.0 Å². The average molecular weight is 248 g/mol. The van der Waals surface area contributed by atoms with Crippen LogP contribution in [0.5, 0.6) is 0 Å². The average Bonchev–Trinajstić information content (AvgIpc) is 2.71. The van der Waals surface area contributed by atoms with Crippen LogP contribution >= 0.6 is 0 Å². The van der Waals surface area contributed by atoms with Gasteiger partial charge in [0.25, 0.3) is 0 Å². The van der Waals surface area contributed by atoms with E-state index in [1.807, 2.05) is 0 Å². The van der Waals surface area contributed by atoms with Gasteiger partial charge in [-0.05, 0) is 31.9 Å². The molecule has 1 atom stereocenters. The molecule has 0 radical (unpaired) electrons. The highest BCUT2D eigenvalue weighted by molar-refractivity contribution is 5.70. The highest BCUT2D eigenvalue weighted by atomic mass is 16.6. The van der Waals surface area contributed by atoms with Gasteiger partial charge in [0.05, 0.1) is 6.04 Å². The van der Waals surface area contributed by atoms with E-state index in [9.17, 15) is 4.79 Å². The third-order valence-electron chi connectivity index (χ3n) is 3.29. The minimum absolute atomic E-state index is 0.169. The molecular weight excluding hydrogens is 228 g/mol. The Morgan fingerprint density at radius 2 is 2.11 bits per heavy atom.